The van der Waals surface area contributed by atoms with Crippen molar-refractivity contribution < 1.29 is 22.7 Å². The summed E-state index contributed by atoms with van der Waals surface area (Å²) in [6, 6.07) is 21.8. The van der Waals surface area contributed by atoms with Gasteiger partial charge in [-0.25, -0.2) is 0 Å². The Morgan fingerprint density at radius 1 is 0.912 bits per heavy atom. The van der Waals surface area contributed by atoms with E-state index in [0.29, 0.717) is 28.8 Å². The number of alkyl halides is 3. The molecule has 4 rings (SSSR count). The van der Waals surface area contributed by atoms with E-state index in [4.69, 9.17) is 4.74 Å². The van der Waals surface area contributed by atoms with Crippen LogP contribution in [0.3, 0.4) is 0 Å². The van der Waals surface area contributed by atoms with Crippen molar-refractivity contribution in [3.8, 4) is 10.9 Å². The summed E-state index contributed by atoms with van der Waals surface area (Å²) < 4.78 is 48.5. The molecule has 1 amide bonds. The molecule has 1 N–H and O–H groups in total. The zero-order chi connectivity index (χ0) is 24.0. The fraction of sp³-hybridized carbons (Fsp3) is 0.160. The molecule has 0 saturated heterocycles. The molecule has 34 heavy (non-hydrogen) atoms. The Balaban J connectivity index is 1.27. The monoisotopic (exact) mass is 483 g/mol. The molecule has 0 aliphatic rings. The molecular formula is C25H20F3N3O2S. The van der Waals surface area contributed by atoms with Crippen LogP contribution in [-0.4, -0.2) is 15.3 Å². The van der Waals surface area contributed by atoms with Gasteiger partial charge in [0.25, 0.3) is 5.19 Å². The van der Waals surface area contributed by atoms with Crippen molar-refractivity contribution in [2.45, 2.75) is 25.6 Å². The first-order chi connectivity index (χ1) is 16.3. The largest absolute Gasteiger partial charge is 0.430 e. The maximum atomic E-state index is 12.8. The summed E-state index contributed by atoms with van der Waals surface area (Å²) in [4.78, 5) is 16.6. The fourth-order valence-electron chi connectivity index (χ4n) is 3.21. The third-order valence-corrected chi connectivity index (χ3v) is 5.52. The Kier molecular flexibility index (Phi) is 7.22. The van der Waals surface area contributed by atoms with E-state index in [1.54, 1.807) is 30.3 Å². The highest BCUT2D eigenvalue weighted by Crippen LogP contribution is 2.29. The molecule has 0 spiro atoms. The van der Waals surface area contributed by atoms with Crippen LogP contribution in [0.1, 0.15) is 28.1 Å². The van der Waals surface area contributed by atoms with Gasteiger partial charge < -0.3 is 10.1 Å². The van der Waals surface area contributed by atoms with E-state index in [2.05, 4.69) is 14.7 Å². The summed E-state index contributed by atoms with van der Waals surface area (Å²) in [6.45, 7) is 0.0201. The van der Waals surface area contributed by atoms with Crippen LogP contribution in [0.5, 0.6) is 10.9 Å². The Bertz CT molecular complexity index is 1240. The summed E-state index contributed by atoms with van der Waals surface area (Å²) in [5, 5.41) is 3.08. The lowest BCUT2D eigenvalue weighted by Crippen LogP contribution is -2.24. The number of halogens is 3. The predicted molar refractivity (Wildman–Crippen MR) is 123 cm³/mol. The van der Waals surface area contributed by atoms with Gasteiger partial charge >= 0.3 is 6.18 Å². The molecular weight excluding hydrogens is 463 g/mol. The number of ether oxygens (including phenoxy) is 1. The van der Waals surface area contributed by atoms with Crippen LogP contribution in [0.4, 0.5) is 13.2 Å². The third-order valence-electron chi connectivity index (χ3n) is 4.89. The zero-order valence-corrected chi connectivity index (χ0v) is 18.7. The Morgan fingerprint density at radius 3 is 2.38 bits per heavy atom. The number of nitrogens with one attached hydrogen (secondary N) is 1. The lowest BCUT2D eigenvalue weighted by atomic mass is 10.1. The Labute approximate surface area is 198 Å². The van der Waals surface area contributed by atoms with Gasteiger partial charge in [0.1, 0.15) is 5.75 Å². The van der Waals surface area contributed by atoms with E-state index >= 15 is 0 Å². The molecule has 0 unspecified atom stereocenters. The summed E-state index contributed by atoms with van der Waals surface area (Å²) in [7, 11) is 0. The standard InChI is InChI=1S/C25H20F3N3O2S/c26-25(27,28)20-8-4-7-19(13-20)16-29-23(32)15-18-9-11-21(12-10-18)33-24-30-22(31-34-24)14-17-5-2-1-3-6-17/h1-13H,14-16H2,(H,29,32). The van der Waals surface area contributed by atoms with Crippen LogP contribution in [0, 0.1) is 0 Å². The van der Waals surface area contributed by atoms with Crippen LogP contribution in [0.25, 0.3) is 0 Å². The zero-order valence-electron chi connectivity index (χ0n) is 17.9. The first-order valence-corrected chi connectivity index (χ1v) is 11.2. The molecule has 174 valence electrons. The van der Waals surface area contributed by atoms with Gasteiger partial charge in [-0.1, -0.05) is 54.6 Å². The second kappa shape index (κ2) is 10.5. The minimum Gasteiger partial charge on any atom is -0.430 e. The van der Waals surface area contributed by atoms with Gasteiger partial charge in [-0.15, -0.1) is 0 Å². The van der Waals surface area contributed by atoms with E-state index in [1.807, 2.05) is 30.3 Å². The van der Waals surface area contributed by atoms with Gasteiger partial charge in [0.15, 0.2) is 5.82 Å². The molecule has 3 aromatic carbocycles. The molecule has 1 aromatic heterocycles. The Hall–Kier alpha value is -3.72. The van der Waals surface area contributed by atoms with E-state index in [1.165, 1.54) is 17.6 Å². The lowest BCUT2D eigenvalue weighted by Gasteiger charge is -2.10. The van der Waals surface area contributed by atoms with Crippen molar-refractivity contribution in [1.82, 2.24) is 14.7 Å². The number of amides is 1. The number of hydrogen-bond donors (Lipinski definition) is 1. The van der Waals surface area contributed by atoms with Crippen LogP contribution < -0.4 is 10.1 Å². The van der Waals surface area contributed by atoms with E-state index in [0.717, 1.165) is 23.3 Å². The summed E-state index contributed by atoms with van der Waals surface area (Å²) >= 11 is 1.17. The molecule has 0 aliphatic heterocycles. The highest BCUT2D eigenvalue weighted by molar-refractivity contribution is 7.07. The highest BCUT2D eigenvalue weighted by Gasteiger charge is 2.30. The fourth-order valence-corrected chi connectivity index (χ4v) is 3.78. The number of aromatic nitrogens is 2. The summed E-state index contributed by atoms with van der Waals surface area (Å²) in [6.07, 6.45) is -3.70. The SMILES string of the molecule is O=C(Cc1ccc(Oc2nc(Cc3ccccc3)ns2)cc1)NCc1cccc(C(F)(F)F)c1. The first kappa shape index (κ1) is 23.4. The van der Waals surface area contributed by atoms with E-state index < -0.39 is 11.7 Å². The van der Waals surface area contributed by atoms with Gasteiger partial charge in [0.2, 0.25) is 5.91 Å². The molecule has 9 heteroatoms. The van der Waals surface area contributed by atoms with E-state index in [-0.39, 0.29) is 18.9 Å². The molecule has 0 saturated carbocycles. The number of hydrogen-bond acceptors (Lipinski definition) is 5. The first-order valence-electron chi connectivity index (χ1n) is 10.4. The van der Waals surface area contributed by atoms with Gasteiger partial charge in [-0.05, 0) is 41.0 Å². The average Bonchev–Trinajstić information content (AvgIpc) is 3.26. The number of carbonyl (C=O) groups excluding carboxylic acids is 1. The molecule has 0 bridgehead atoms. The van der Waals surface area contributed by atoms with Gasteiger partial charge in [0, 0.05) is 24.5 Å². The van der Waals surface area contributed by atoms with Crippen LogP contribution >= 0.6 is 11.5 Å². The molecule has 0 aliphatic carbocycles. The maximum Gasteiger partial charge on any atom is 0.416 e. The van der Waals surface area contributed by atoms with Crippen LogP contribution in [0.15, 0.2) is 78.9 Å². The molecule has 0 radical (unpaired) electrons. The lowest BCUT2D eigenvalue weighted by molar-refractivity contribution is -0.137. The molecule has 0 fully saturated rings. The third kappa shape index (κ3) is 6.64. The summed E-state index contributed by atoms with van der Waals surface area (Å²) in [5.41, 5.74) is 1.51. The quantitative estimate of drug-likeness (QED) is 0.344. The Morgan fingerprint density at radius 2 is 1.65 bits per heavy atom. The second-order valence-electron chi connectivity index (χ2n) is 7.54. The molecule has 4 aromatic rings. The second-order valence-corrected chi connectivity index (χ2v) is 8.25. The van der Waals surface area contributed by atoms with Gasteiger partial charge in [0.05, 0.1) is 12.0 Å². The minimum absolute atomic E-state index is 0.0201. The topological polar surface area (TPSA) is 64.1 Å². The van der Waals surface area contributed by atoms with Crippen LogP contribution in [0.2, 0.25) is 0 Å². The predicted octanol–water partition coefficient (Wildman–Crippen LogP) is 5.80. The number of nitrogens with zero attached hydrogens (tertiary/aromatic N) is 2. The molecule has 5 nitrogen and oxygen atoms in total. The minimum atomic E-state index is -4.41. The van der Waals surface area contributed by atoms with Crippen molar-refractivity contribution in [1.29, 1.82) is 0 Å². The van der Waals surface area contributed by atoms with Crippen molar-refractivity contribution in [3.05, 3.63) is 107 Å². The highest BCUT2D eigenvalue weighted by atomic mass is 32.1. The van der Waals surface area contributed by atoms with Crippen molar-refractivity contribution in [2.75, 3.05) is 0 Å². The number of rotatable bonds is 8. The number of carbonyl (C=O) groups is 1. The number of benzene rings is 3. The van der Waals surface area contributed by atoms with Gasteiger partial charge in [-0.2, -0.15) is 22.5 Å². The maximum absolute atomic E-state index is 12.8. The molecule has 0 atom stereocenters. The van der Waals surface area contributed by atoms with Gasteiger partial charge in [-0.3, -0.25) is 4.79 Å². The van der Waals surface area contributed by atoms with E-state index in [9.17, 15) is 18.0 Å². The van der Waals surface area contributed by atoms with Crippen molar-refractivity contribution in [3.63, 3.8) is 0 Å². The van der Waals surface area contributed by atoms with Crippen LogP contribution in [-0.2, 0) is 30.4 Å². The summed E-state index contributed by atoms with van der Waals surface area (Å²) in [5.74, 6) is 0.955. The molecule has 1 heterocycles. The average molecular weight is 484 g/mol. The van der Waals surface area contributed by atoms with Crippen molar-refractivity contribution >= 4 is 17.4 Å². The normalized spacial score (nSPS) is 11.3. The smallest absolute Gasteiger partial charge is 0.416 e. The van der Waals surface area contributed by atoms with Crippen molar-refractivity contribution in [2.24, 2.45) is 0 Å².